The Kier molecular flexibility index (Phi) is 3.51. The summed E-state index contributed by atoms with van der Waals surface area (Å²) in [4.78, 5) is 37.6. The van der Waals surface area contributed by atoms with Crippen molar-refractivity contribution in [1.82, 2.24) is 10.2 Å². The molecule has 0 aromatic heterocycles. The van der Waals surface area contributed by atoms with Gasteiger partial charge in [-0.2, -0.15) is 0 Å². The van der Waals surface area contributed by atoms with Gasteiger partial charge in [-0.05, 0) is 42.0 Å². The lowest BCUT2D eigenvalue weighted by Gasteiger charge is -2.29. The number of rotatable bonds is 2. The minimum Gasteiger partial charge on any atom is -0.322 e. The van der Waals surface area contributed by atoms with E-state index in [2.05, 4.69) is 25.2 Å². The van der Waals surface area contributed by atoms with E-state index in [9.17, 15) is 14.4 Å². The van der Waals surface area contributed by atoms with Crippen molar-refractivity contribution in [3.63, 3.8) is 0 Å². The van der Waals surface area contributed by atoms with E-state index < -0.39 is 6.04 Å². The molecule has 0 radical (unpaired) electrons. The Morgan fingerprint density at radius 1 is 1.23 bits per heavy atom. The summed E-state index contributed by atoms with van der Waals surface area (Å²) in [5.74, 6) is -0.376. The average Bonchev–Trinajstić information content (AvgIpc) is 2.77. The highest BCUT2D eigenvalue weighted by atomic mass is 16.2. The maximum absolute atomic E-state index is 12.7. The van der Waals surface area contributed by atoms with Crippen molar-refractivity contribution in [2.75, 3.05) is 0 Å². The van der Waals surface area contributed by atoms with E-state index in [1.54, 1.807) is 4.90 Å². The Balaban J connectivity index is 1.93. The summed E-state index contributed by atoms with van der Waals surface area (Å²) < 4.78 is 0. The molecular weight excluding hydrogens is 280 g/mol. The molecule has 22 heavy (non-hydrogen) atoms. The SMILES string of the molecule is Cc1cc(C(C)C)cc2c1CN(C1CCC(=O)NC1=O)C2=O. The second kappa shape index (κ2) is 5.23. The first kappa shape index (κ1) is 14.8. The lowest BCUT2D eigenvalue weighted by Crippen LogP contribution is -2.52. The summed E-state index contributed by atoms with van der Waals surface area (Å²) in [6.07, 6.45) is 0.688. The monoisotopic (exact) mass is 300 g/mol. The summed E-state index contributed by atoms with van der Waals surface area (Å²) in [5, 5.41) is 2.33. The summed E-state index contributed by atoms with van der Waals surface area (Å²) in [7, 11) is 0. The van der Waals surface area contributed by atoms with E-state index in [4.69, 9.17) is 0 Å². The Hall–Kier alpha value is -2.17. The third-order valence-corrected chi connectivity index (χ3v) is 4.57. The van der Waals surface area contributed by atoms with Gasteiger partial charge in [-0.3, -0.25) is 19.7 Å². The second-order valence-electron chi connectivity index (χ2n) is 6.42. The Labute approximate surface area is 129 Å². The zero-order valence-electron chi connectivity index (χ0n) is 13.1. The molecule has 116 valence electrons. The van der Waals surface area contributed by atoms with Crippen molar-refractivity contribution >= 4 is 17.7 Å². The number of imide groups is 1. The number of fused-ring (bicyclic) bond motifs is 1. The van der Waals surface area contributed by atoms with E-state index in [1.807, 2.05) is 13.0 Å². The van der Waals surface area contributed by atoms with Crippen LogP contribution in [-0.2, 0) is 16.1 Å². The third-order valence-electron chi connectivity index (χ3n) is 4.57. The molecule has 2 aliphatic rings. The van der Waals surface area contributed by atoms with Gasteiger partial charge in [0, 0.05) is 18.5 Å². The molecule has 2 heterocycles. The molecule has 1 unspecified atom stereocenters. The number of amides is 3. The average molecular weight is 300 g/mol. The lowest BCUT2D eigenvalue weighted by atomic mass is 9.95. The summed E-state index contributed by atoms with van der Waals surface area (Å²) in [5.41, 5.74) is 3.92. The number of hydrogen-bond donors (Lipinski definition) is 1. The van der Waals surface area contributed by atoms with Gasteiger partial charge in [0.25, 0.3) is 5.91 Å². The quantitative estimate of drug-likeness (QED) is 0.848. The number of benzene rings is 1. The molecule has 0 saturated carbocycles. The Morgan fingerprint density at radius 3 is 2.59 bits per heavy atom. The second-order valence-corrected chi connectivity index (χ2v) is 6.42. The highest BCUT2D eigenvalue weighted by Crippen LogP contribution is 2.32. The number of hydrogen-bond acceptors (Lipinski definition) is 3. The van der Waals surface area contributed by atoms with Gasteiger partial charge in [0.05, 0.1) is 0 Å². The van der Waals surface area contributed by atoms with Crippen LogP contribution in [0.4, 0.5) is 0 Å². The molecule has 0 spiro atoms. The number of nitrogens with zero attached hydrogens (tertiary/aromatic N) is 1. The van der Waals surface area contributed by atoms with Crippen LogP contribution in [0, 0.1) is 6.92 Å². The zero-order valence-corrected chi connectivity index (χ0v) is 13.1. The number of carbonyl (C=O) groups excluding carboxylic acids is 3. The molecule has 3 amide bonds. The number of carbonyl (C=O) groups is 3. The predicted molar refractivity (Wildman–Crippen MR) is 81.3 cm³/mol. The number of aryl methyl sites for hydroxylation is 1. The van der Waals surface area contributed by atoms with Gasteiger partial charge in [-0.1, -0.05) is 19.9 Å². The molecule has 1 aromatic carbocycles. The first-order valence-corrected chi connectivity index (χ1v) is 7.66. The molecule has 2 aliphatic heterocycles. The van der Waals surface area contributed by atoms with Crippen LogP contribution in [0.2, 0.25) is 0 Å². The fourth-order valence-corrected chi connectivity index (χ4v) is 3.21. The van der Waals surface area contributed by atoms with Crippen LogP contribution in [0.15, 0.2) is 12.1 Å². The molecule has 1 aromatic rings. The third kappa shape index (κ3) is 2.30. The smallest absolute Gasteiger partial charge is 0.255 e. The highest BCUT2D eigenvalue weighted by Gasteiger charge is 2.39. The van der Waals surface area contributed by atoms with Gasteiger partial charge in [-0.25, -0.2) is 0 Å². The topological polar surface area (TPSA) is 66.5 Å². The van der Waals surface area contributed by atoms with E-state index in [1.165, 1.54) is 0 Å². The lowest BCUT2D eigenvalue weighted by molar-refractivity contribution is -0.136. The van der Waals surface area contributed by atoms with Crippen molar-refractivity contribution in [3.05, 3.63) is 34.4 Å². The van der Waals surface area contributed by atoms with Crippen molar-refractivity contribution in [2.24, 2.45) is 0 Å². The van der Waals surface area contributed by atoms with E-state index in [-0.39, 0.29) is 24.1 Å². The highest BCUT2D eigenvalue weighted by molar-refractivity contribution is 6.05. The summed E-state index contributed by atoms with van der Waals surface area (Å²) in [6.45, 7) is 6.65. The van der Waals surface area contributed by atoms with Crippen LogP contribution in [0.25, 0.3) is 0 Å². The van der Waals surface area contributed by atoms with Crippen LogP contribution in [0.3, 0.4) is 0 Å². The van der Waals surface area contributed by atoms with Gasteiger partial charge in [0.1, 0.15) is 6.04 Å². The minimum absolute atomic E-state index is 0.102. The van der Waals surface area contributed by atoms with Crippen LogP contribution >= 0.6 is 0 Å². The fraction of sp³-hybridized carbons (Fsp3) is 0.471. The number of nitrogens with one attached hydrogen (secondary N) is 1. The van der Waals surface area contributed by atoms with Crippen LogP contribution in [0.1, 0.15) is 59.7 Å². The van der Waals surface area contributed by atoms with Crippen molar-refractivity contribution < 1.29 is 14.4 Å². The van der Waals surface area contributed by atoms with E-state index in [0.717, 1.165) is 16.7 Å². The predicted octanol–water partition coefficient (Wildman–Crippen LogP) is 1.88. The van der Waals surface area contributed by atoms with Gasteiger partial charge in [-0.15, -0.1) is 0 Å². The normalized spacial score (nSPS) is 21.4. The molecule has 0 bridgehead atoms. The molecule has 1 atom stereocenters. The molecule has 1 fully saturated rings. The van der Waals surface area contributed by atoms with Crippen LogP contribution in [-0.4, -0.2) is 28.7 Å². The van der Waals surface area contributed by atoms with Crippen molar-refractivity contribution in [1.29, 1.82) is 0 Å². The van der Waals surface area contributed by atoms with E-state index >= 15 is 0 Å². The summed E-state index contributed by atoms with van der Waals surface area (Å²) in [6, 6.07) is 3.52. The van der Waals surface area contributed by atoms with Crippen molar-refractivity contribution in [3.8, 4) is 0 Å². The fourth-order valence-electron chi connectivity index (χ4n) is 3.21. The molecule has 3 rings (SSSR count). The molecule has 5 heteroatoms. The van der Waals surface area contributed by atoms with E-state index in [0.29, 0.717) is 24.4 Å². The standard InChI is InChI=1S/C17H20N2O3/c1-9(2)11-6-10(3)13-8-19(17(22)12(13)7-11)14-4-5-15(20)18-16(14)21/h6-7,9,14H,4-5,8H2,1-3H3,(H,18,20,21). The van der Waals surface area contributed by atoms with Gasteiger partial charge < -0.3 is 4.90 Å². The molecule has 5 nitrogen and oxygen atoms in total. The first-order valence-electron chi connectivity index (χ1n) is 7.66. The van der Waals surface area contributed by atoms with Gasteiger partial charge in [0.2, 0.25) is 11.8 Å². The number of piperidine rings is 1. The first-order chi connectivity index (χ1) is 10.4. The van der Waals surface area contributed by atoms with Crippen LogP contribution < -0.4 is 5.32 Å². The van der Waals surface area contributed by atoms with Crippen molar-refractivity contribution in [2.45, 2.75) is 52.1 Å². The van der Waals surface area contributed by atoms with Gasteiger partial charge >= 0.3 is 0 Å². The minimum atomic E-state index is -0.542. The van der Waals surface area contributed by atoms with Gasteiger partial charge in [0.15, 0.2) is 0 Å². The molecule has 1 saturated heterocycles. The molecular formula is C17H20N2O3. The maximum atomic E-state index is 12.7. The Morgan fingerprint density at radius 2 is 1.95 bits per heavy atom. The van der Waals surface area contributed by atoms with Crippen LogP contribution in [0.5, 0.6) is 0 Å². The summed E-state index contributed by atoms with van der Waals surface area (Å²) >= 11 is 0. The molecule has 1 N–H and O–H groups in total. The molecule has 0 aliphatic carbocycles. The largest absolute Gasteiger partial charge is 0.322 e. The maximum Gasteiger partial charge on any atom is 0.255 e. The zero-order chi connectivity index (χ0) is 16.0. The Bertz CT molecular complexity index is 679.